The average Bonchev–Trinajstić information content (AvgIpc) is 3.01. The van der Waals surface area contributed by atoms with Crippen molar-refractivity contribution < 1.29 is 0 Å². The molecule has 128 valence electrons. The van der Waals surface area contributed by atoms with Gasteiger partial charge >= 0.3 is 0 Å². The molecule has 4 rings (SSSR count). The van der Waals surface area contributed by atoms with Crippen molar-refractivity contribution in [3.63, 3.8) is 0 Å². The van der Waals surface area contributed by atoms with E-state index in [1.807, 2.05) is 12.1 Å². The molecule has 1 aromatic carbocycles. The second kappa shape index (κ2) is 7.36. The summed E-state index contributed by atoms with van der Waals surface area (Å²) in [5.41, 5.74) is 2.64. The Labute approximate surface area is 151 Å². The zero-order valence-electron chi connectivity index (χ0n) is 14.3. The fraction of sp³-hybridized carbons (Fsp3) is 0.333. The van der Waals surface area contributed by atoms with Gasteiger partial charge in [0.2, 0.25) is 0 Å². The minimum Gasteiger partial charge on any atom is -0.306 e. The Bertz CT molecular complexity index is 953. The number of allylic oxidation sites excluding steroid dienone is 1. The second-order valence-corrected chi connectivity index (χ2v) is 7.71. The molecule has 0 saturated carbocycles. The number of nitrogens with one attached hydrogen (secondary N) is 1. The van der Waals surface area contributed by atoms with Gasteiger partial charge in [0.05, 0.1) is 5.39 Å². The molecule has 2 aromatic heterocycles. The minimum absolute atomic E-state index is 0.0216. The molecule has 25 heavy (non-hydrogen) atoms. The molecule has 0 fully saturated rings. The monoisotopic (exact) mass is 350 g/mol. The van der Waals surface area contributed by atoms with Gasteiger partial charge in [-0.05, 0) is 62.1 Å². The molecule has 3 nitrogen and oxygen atoms in total. The zero-order valence-corrected chi connectivity index (χ0v) is 15.1. The molecule has 0 atom stereocenters. The van der Waals surface area contributed by atoms with Gasteiger partial charge in [-0.15, -0.1) is 11.3 Å². The summed E-state index contributed by atoms with van der Waals surface area (Å²) < 4.78 is 0. The Hall–Kier alpha value is -2.20. The van der Waals surface area contributed by atoms with Gasteiger partial charge < -0.3 is 4.98 Å². The first-order chi connectivity index (χ1) is 12.3. The number of H-pyrrole nitrogens is 1. The molecule has 3 aromatic rings. The summed E-state index contributed by atoms with van der Waals surface area (Å²) in [6, 6.07) is 10.5. The highest BCUT2D eigenvalue weighted by Crippen LogP contribution is 2.33. The lowest BCUT2D eigenvalue weighted by atomic mass is 9.97. The van der Waals surface area contributed by atoms with Crippen LogP contribution < -0.4 is 5.56 Å². The van der Waals surface area contributed by atoms with E-state index >= 15 is 0 Å². The zero-order chi connectivity index (χ0) is 17.1. The van der Waals surface area contributed by atoms with Crippen molar-refractivity contribution in [2.75, 3.05) is 0 Å². The highest BCUT2D eigenvalue weighted by Gasteiger charge is 2.19. The fourth-order valence-corrected chi connectivity index (χ4v) is 4.79. The van der Waals surface area contributed by atoms with Crippen molar-refractivity contribution in [3.05, 3.63) is 68.6 Å². The van der Waals surface area contributed by atoms with Crippen LogP contribution in [-0.4, -0.2) is 9.97 Å². The van der Waals surface area contributed by atoms with Crippen molar-refractivity contribution in [3.8, 4) is 0 Å². The lowest BCUT2D eigenvalue weighted by Gasteiger charge is -2.09. The van der Waals surface area contributed by atoms with Gasteiger partial charge in [0, 0.05) is 4.88 Å². The third kappa shape index (κ3) is 3.59. The molecular formula is C21H22N2OS. The topological polar surface area (TPSA) is 45.8 Å². The minimum atomic E-state index is 0.0216. The van der Waals surface area contributed by atoms with E-state index in [1.165, 1.54) is 28.8 Å². The van der Waals surface area contributed by atoms with E-state index in [9.17, 15) is 4.79 Å². The van der Waals surface area contributed by atoms with Crippen LogP contribution in [0.3, 0.4) is 0 Å². The van der Waals surface area contributed by atoms with Crippen molar-refractivity contribution >= 4 is 27.6 Å². The number of benzene rings is 1. The number of rotatable bonds is 5. The van der Waals surface area contributed by atoms with Crippen LogP contribution in [0, 0.1) is 0 Å². The van der Waals surface area contributed by atoms with Crippen molar-refractivity contribution in [2.24, 2.45) is 0 Å². The Balaban J connectivity index is 1.45. The molecule has 0 unspecified atom stereocenters. The summed E-state index contributed by atoms with van der Waals surface area (Å²) in [5, 5.41) is 0.834. The number of fused-ring (bicyclic) bond motifs is 3. The van der Waals surface area contributed by atoms with E-state index in [0.717, 1.165) is 42.3 Å². The molecule has 0 radical (unpaired) electrons. The maximum absolute atomic E-state index is 12.5. The summed E-state index contributed by atoms with van der Waals surface area (Å²) in [4.78, 5) is 22.4. The number of aromatic nitrogens is 2. The lowest BCUT2D eigenvalue weighted by Crippen LogP contribution is -2.11. The van der Waals surface area contributed by atoms with E-state index in [-0.39, 0.29) is 5.56 Å². The molecule has 0 saturated heterocycles. The standard InChI is InChI=1S/C21H22N2OS/c24-20-19-16-12-7-8-13-17(16)25-21(19)23-18(22-20)14-6-2-5-11-15-9-3-1-4-10-15/h1,3-4,6,9-10,14H,2,5,7-8,11-13H2,(H,22,23,24)/b14-6+. The van der Waals surface area contributed by atoms with Crippen molar-refractivity contribution in [1.29, 1.82) is 0 Å². The summed E-state index contributed by atoms with van der Waals surface area (Å²) in [6.45, 7) is 0. The number of nitrogens with zero attached hydrogens (tertiary/aromatic N) is 1. The summed E-state index contributed by atoms with van der Waals surface area (Å²) in [6.07, 6.45) is 11.7. The quantitative estimate of drug-likeness (QED) is 0.665. The maximum atomic E-state index is 12.5. The lowest BCUT2D eigenvalue weighted by molar-refractivity contribution is 0.700. The second-order valence-electron chi connectivity index (χ2n) is 6.62. The number of thiophene rings is 1. The number of aromatic amines is 1. The predicted octanol–water partition coefficient (Wildman–Crippen LogP) is 4.90. The Morgan fingerprint density at radius 2 is 2.00 bits per heavy atom. The molecular weight excluding hydrogens is 328 g/mol. The summed E-state index contributed by atoms with van der Waals surface area (Å²) >= 11 is 1.70. The highest BCUT2D eigenvalue weighted by molar-refractivity contribution is 7.18. The molecule has 1 N–H and O–H groups in total. The van der Waals surface area contributed by atoms with E-state index in [0.29, 0.717) is 5.82 Å². The van der Waals surface area contributed by atoms with Gasteiger partial charge in [-0.2, -0.15) is 0 Å². The first-order valence-electron chi connectivity index (χ1n) is 9.06. The number of unbranched alkanes of at least 4 members (excludes halogenated alkanes) is 1. The largest absolute Gasteiger partial charge is 0.306 e. The molecule has 0 amide bonds. The van der Waals surface area contributed by atoms with E-state index in [4.69, 9.17) is 0 Å². The van der Waals surface area contributed by atoms with E-state index in [1.54, 1.807) is 11.3 Å². The number of hydrogen-bond donors (Lipinski definition) is 1. The van der Waals surface area contributed by atoms with Crippen molar-refractivity contribution in [2.45, 2.75) is 44.9 Å². The van der Waals surface area contributed by atoms with E-state index < -0.39 is 0 Å². The van der Waals surface area contributed by atoms with Gasteiger partial charge in [-0.3, -0.25) is 4.79 Å². The molecule has 0 bridgehead atoms. The molecule has 0 aliphatic heterocycles. The van der Waals surface area contributed by atoms with Crippen LogP contribution in [0.15, 0.2) is 41.2 Å². The third-order valence-electron chi connectivity index (χ3n) is 4.80. The van der Waals surface area contributed by atoms with Crippen molar-refractivity contribution in [1.82, 2.24) is 9.97 Å². The smallest absolute Gasteiger partial charge is 0.260 e. The van der Waals surface area contributed by atoms with Crippen LogP contribution >= 0.6 is 11.3 Å². The summed E-state index contributed by atoms with van der Waals surface area (Å²) in [5.74, 6) is 0.677. The van der Waals surface area contributed by atoms with Crippen LogP contribution in [0.5, 0.6) is 0 Å². The highest BCUT2D eigenvalue weighted by atomic mass is 32.1. The first kappa shape index (κ1) is 16.3. The van der Waals surface area contributed by atoms with Gasteiger partial charge in [0.25, 0.3) is 5.56 Å². The molecule has 4 heteroatoms. The molecule has 1 aliphatic rings. The van der Waals surface area contributed by atoms with Crippen LogP contribution in [0.2, 0.25) is 0 Å². The number of aryl methyl sites for hydroxylation is 3. The first-order valence-corrected chi connectivity index (χ1v) is 9.88. The number of hydrogen-bond acceptors (Lipinski definition) is 3. The Morgan fingerprint density at radius 1 is 1.16 bits per heavy atom. The van der Waals surface area contributed by atoms with E-state index in [2.05, 4.69) is 40.3 Å². The van der Waals surface area contributed by atoms with Crippen LogP contribution in [0.25, 0.3) is 16.3 Å². The molecule has 1 aliphatic carbocycles. The third-order valence-corrected chi connectivity index (χ3v) is 5.98. The van der Waals surface area contributed by atoms with Crippen LogP contribution in [0.1, 0.15) is 47.5 Å². The van der Waals surface area contributed by atoms with Gasteiger partial charge in [-0.1, -0.05) is 36.4 Å². The van der Waals surface area contributed by atoms with Crippen LogP contribution in [-0.2, 0) is 19.3 Å². The van der Waals surface area contributed by atoms with Gasteiger partial charge in [0.15, 0.2) is 0 Å². The molecule has 0 spiro atoms. The predicted molar refractivity (Wildman–Crippen MR) is 105 cm³/mol. The summed E-state index contributed by atoms with van der Waals surface area (Å²) in [7, 11) is 0. The Morgan fingerprint density at radius 3 is 2.88 bits per heavy atom. The van der Waals surface area contributed by atoms with Crippen LogP contribution in [0.4, 0.5) is 0 Å². The average molecular weight is 350 g/mol. The SMILES string of the molecule is O=c1[nH]c(/C=C/CCCc2ccccc2)nc2sc3c(c12)CCCC3. The van der Waals surface area contributed by atoms with Gasteiger partial charge in [0.1, 0.15) is 10.7 Å². The fourth-order valence-electron chi connectivity index (χ4n) is 3.52. The Kier molecular flexibility index (Phi) is 4.79. The maximum Gasteiger partial charge on any atom is 0.260 e. The molecule has 2 heterocycles. The normalized spacial score (nSPS) is 14.2. The van der Waals surface area contributed by atoms with Gasteiger partial charge in [-0.25, -0.2) is 4.98 Å².